The van der Waals surface area contributed by atoms with Crippen LogP contribution in [0.25, 0.3) is 6.08 Å². The first-order valence-corrected chi connectivity index (χ1v) is 6.51. The number of rotatable bonds is 3. The van der Waals surface area contributed by atoms with Gasteiger partial charge in [0, 0.05) is 6.07 Å². The quantitative estimate of drug-likeness (QED) is 0.522. The van der Waals surface area contributed by atoms with Crippen LogP contribution in [0.15, 0.2) is 18.1 Å². The minimum atomic E-state index is -0.619. The molecule has 21 heavy (non-hydrogen) atoms. The lowest BCUT2D eigenvalue weighted by atomic mass is 9.89. The Morgan fingerprint density at radius 3 is 2.38 bits per heavy atom. The second-order valence-electron chi connectivity index (χ2n) is 5.81. The van der Waals surface area contributed by atoms with Gasteiger partial charge < -0.3 is 24.5 Å². The standard InChI is InChI=1S/C13H17BN2O5/c1-12(2)13(3,4)21-14(20-12)8-7-9-10(17)5-6-11(15-9)16(18)19/h5-8,17H,1-4H3/b8-7+. The fourth-order valence-corrected chi connectivity index (χ4v) is 1.82. The van der Waals surface area contributed by atoms with E-state index in [2.05, 4.69) is 4.98 Å². The zero-order valence-electron chi connectivity index (χ0n) is 12.4. The maximum atomic E-state index is 10.7. The maximum Gasteiger partial charge on any atom is 0.487 e. The van der Waals surface area contributed by atoms with Crippen LogP contribution in [0, 0.1) is 10.1 Å². The molecule has 0 aromatic carbocycles. The van der Waals surface area contributed by atoms with Crippen molar-refractivity contribution in [2.45, 2.75) is 38.9 Å². The molecule has 2 heterocycles. The van der Waals surface area contributed by atoms with E-state index < -0.39 is 23.2 Å². The Labute approximate surface area is 122 Å². The summed E-state index contributed by atoms with van der Waals surface area (Å²) in [7, 11) is -0.601. The fraction of sp³-hybridized carbons (Fsp3) is 0.462. The maximum absolute atomic E-state index is 10.7. The molecule has 0 aliphatic carbocycles. The monoisotopic (exact) mass is 292 g/mol. The summed E-state index contributed by atoms with van der Waals surface area (Å²) in [5.74, 6) is 1.09. The zero-order chi connectivity index (χ0) is 15.8. The van der Waals surface area contributed by atoms with E-state index in [0.717, 1.165) is 6.07 Å². The van der Waals surface area contributed by atoms with Crippen LogP contribution < -0.4 is 0 Å². The van der Waals surface area contributed by atoms with Crippen LogP contribution >= 0.6 is 0 Å². The summed E-state index contributed by atoms with van der Waals surface area (Å²) < 4.78 is 11.5. The average molecular weight is 292 g/mol. The van der Waals surface area contributed by atoms with Gasteiger partial charge in [-0.25, -0.2) is 0 Å². The van der Waals surface area contributed by atoms with Crippen molar-refractivity contribution in [2.24, 2.45) is 0 Å². The first-order chi connectivity index (χ1) is 9.62. The predicted molar refractivity (Wildman–Crippen MR) is 77.7 cm³/mol. The number of hydrogen-bond donors (Lipinski definition) is 1. The van der Waals surface area contributed by atoms with Crippen molar-refractivity contribution >= 4 is 19.0 Å². The molecule has 0 saturated carbocycles. The summed E-state index contributed by atoms with van der Waals surface area (Å²) in [6.07, 6.45) is 1.45. The molecule has 2 rings (SSSR count). The summed E-state index contributed by atoms with van der Waals surface area (Å²) >= 11 is 0. The van der Waals surface area contributed by atoms with E-state index in [9.17, 15) is 15.2 Å². The van der Waals surface area contributed by atoms with E-state index >= 15 is 0 Å². The fourth-order valence-electron chi connectivity index (χ4n) is 1.82. The smallest absolute Gasteiger partial charge is 0.487 e. The van der Waals surface area contributed by atoms with Crippen molar-refractivity contribution in [2.75, 3.05) is 0 Å². The molecule has 1 aliphatic heterocycles. The molecule has 8 heteroatoms. The van der Waals surface area contributed by atoms with Gasteiger partial charge in [-0.1, -0.05) is 0 Å². The van der Waals surface area contributed by atoms with Crippen LogP contribution in [0.3, 0.4) is 0 Å². The number of nitro groups is 1. The average Bonchev–Trinajstić information content (AvgIpc) is 2.56. The molecule has 1 N–H and O–H groups in total. The lowest BCUT2D eigenvalue weighted by Crippen LogP contribution is -2.41. The Bertz CT molecular complexity index is 584. The van der Waals surface area contributed by atoms with Crippen molar-refractivity contribution in [3.05, 3.63) is 33.9 Å². The summed E-state index contributed by atoms with van der Waals surface area (Å²) in [6, 6.07) is 2.37. The second-order valence-corrected chi connectivity index (χ2v) is 5.81. The lowest BCUT2D eigenvalue weighted by Gasteiger charge is -2.32. The Kier molecular flexibility index (Phi) is 3.77. The molecule has 0 unspecified atom stereocenters. The zero-order valence-corrected chi connectivity index (χ0v) is 12.4. The van der Waals surface area contributed by atoms with Crippen molar-refractivity contribution in [1.82, 2.24) is 4.98 Å². The van der Waals surface area contributed by atoms with Crippen LogP contribution in [0.5, 0.6) is 5.75 Å². The van der Waals surface area contributed by atoms with Gasteiger partial charge in [-0.2, -0.15) is 0 Å². The SMILES string of the molecule is CC1(C)OB(/C=C/c2nc([N+](=O)[O-])ccc2O)OC1(C)C. The van der Waals surface area contributed by atoms with Crippen LogP contribution in [0.4, 0.5) is 5.82 Å². The number of hydrogen-bond acceptors (Lipinski definition) is 6. The number of pyridine rings is 1. The van der Waals surface area contributed by atoms with E-state index in [1.54, 1.807) is 5.98 Å². The van der Waals surface area contributed by atoms with Crippen LogP contribution in [-0.2, 0) is 9.31 Å². The first-order valence-electron chi connectivity index (χ1n) is 6.51. The molecule has 1 saturated heterocycles. The highest BCUT2D eigenvalue weighted by atomic mass is 16.7. The highest BCUT2D eigenvalue weighted by Gasteiger charge is 2.50. The highest BCUT2D eigenvalue weighted by molar-refractivity contribution is 6.52. The summed E-state index contributed by atoms with van der Waals surface area (Å²) in [5, 5.41) is 20.4. The Morgan fingerprint density at radius 1 is 1.29 bits per heavy atom. The van der Waals surface area contributed by atoms with Crippen molar-refractivity contribution < 1.29 is 19.3 Å². The molecule has 1 fully saturated rings. The predicted octanol–water partition coefficient (Wildman–Crippen LogP) is 2.34. The molecular weight excluding hydrogens is 275 g/mol. The minimum absolute atomic E-state index is 0.0962. The van der Waals surface area contributed by atoms with Crippen LogP contribution in [-0.4, -0.2) is 33.3 Å². The van der Waals surface area contributed by atoms with Crippen molar-refractivity contribution in [3.63, 3.8) is 0 Å². The molecule has 112 valence electrons. The molecule has 1 aromatic heterocycles. The second kappa shape index (κ2) is 5.12. The topological polar surface area (TPSA) is 94.7 Å². The number of nitrogens with zero attached hydrogens (tertiary/aromatic N) is 2. The summed E-state index contributed by atoms with van der Waals surface area (Å²) in [4.78, 5) is 13.8. The Hall–Kier alpha value is -1.93. The van der Waals surface area contributed by atoms with E-state index in [0.29, 0.717) is 0 Å². The molecule has 0 spiro atoms. The van der Waals surface area contributed by atoms with Crippen molar-refractivity contribution in [1.29, 1.82) is 0 Å². The minimum Gasteiger partial charge on any atom is -0.504 e. The van der Waals surface area contributed by atoms with Gasteiger partial charge >= 0.3 is 12.9 Å². The van der Waals surface area contributed by atoms with Gasteiger partial charge in [0.15, 0.2) is 5.75 Å². The number of aromatic hydroxyl groups is 1. The third kappa shape index (κ3) is 3.06. The summed E-state index contributed by atoms with van der Waals surface area (Å²) in [5.41, 5.74) is -0.848. The number of aromatic nitrogens is 1. The molecule has 7 nitrogen and oxygen atoms in total. The van der Waals surface area contributed by atoms with Crippen molar-refractivity contribution in [3.8, 4) is 5.75 Å². The normalized spacial score (nSPS) is 20.1. The molecule has 0 atom stereocenters. The summed E-state index contributed by atoms with van der Waals surface area (Å²) in [6.45, 7) is 7.68. The molecule has 0 bridgehead atoms. The van der Waals surface area contributed by atoms with Gasteiger partial charge in [0.25, 0.3) is 0 Å². The van der Waals surface area contributed by atoms with E-state index in [-0.39, 0.29) is 17.3 Å². The molecule has 1 aliphatic rings. The Balaban J connectivity index is 2.20. The third-order valence-corrected chi connectivity index (χ3v) is 3.76. The third-order valence-electron chi connectivity index (χ3n) is 3.76. The lowest BCUT2D eigenvalue weighted by molar-refractivity contribution is -0.389. The molecule has 0 radical (unpaired) electrons. The van der Waals surface area contributed by atoms with Gasteiger partial charge in [-0.15, -0.1) is 0 Å². The van der Waals surface area contributed by atoms with Gasteiger partial charge in [0.2, 0.25) is 5.69 Å². The van der Waals surface area contributed by atoms with Crippen LogP contribution in [0.1, 0.15) is 33.4 Å². The molecule has 1 aromatic rings. The Morgan fingerprint density at radius 2 is 1.86 bits per heavy atom. The van der Waals surface area contributed by atoms with E-state index in [1.165, 1.54) is 12.1 Å². The van der Waals surface area contributed by atoms with E-state index in [4.69, 9.17) is 9.31 Å². The van der Waals surface area contributed by atoms with Crippen LogP contribution in [0.2, 0.25) is 0 Å². The van der Waals surface area contributed by atoms with Gasteiger partial charge in [0.1, 0.15) is 0 Å². The largest absolute Gasteiger partial charge is 0.504 e. The van der Waals surface area contributed by atoms with Gasteiger partial charge in [0.05, 0.1) is 11.2 Å². The molecular formula is C13H17BN2O5. The van der Waals surface area contributed by atoms with Gasteiger partial charge in [-0.05, 0) is 55.7 Å². The molecule has 0 amide bonds. The highest BCUT2D eigenvalue weighted by Crippen LogP contribution is 2.37. The van der Waals surface area contributed by atoms with E-state index in [1.807, 2.05) is 27.7 Å². The van der Waals surface area contributed by atoms with Gasteiger partial charge in [-0.3, -0.25) is 0 Å². The first kappa shape index (κ1) is 15.5.